The standard InChI is InChI=1S/C18H21N3O3/c1-13(19-18(23)16-5-4-12-24-16)17(22)20-14-6-8-15(9-7-14)21-10-2-3-11-21/h4-9,12-13H,2-3,10-11H2,1H3,(H,19,23)(H,20,22). The van der Waals surface area contributed by atoms with Crippen LogP contribution in [0.2, 0.25) is 0 Å². The zero-order valence-corrected chi connectivity index (χ0v) is 13.6. The van der Waals surface area contributed by atoms with Crippen LogP contribution in [0.25, 0.3) is 0 Å². The van der Waals surface area contributed by atoms with Crippen LogP contribution in [0.1, 0.15) is 30.3 Å². The molecule has 1 fully saturated rings. The molecule has 1 aromatic heterocycles. The maximum Gasteiger partial charge on any atom is 0.287 e. The van der Waals surface area contributed by atoms with E-state index in [2.05, 4.69) is 15.5 Å². The molecule has 0 spiro atoms. The van der Waals surface area contributed by atoms with Gasteiger partial charge in [0.15, 0.2) is 5.76 Å². The number of benzene rings is 1. The van der Waals surface area contributed by atoms with Gasteiger partial charge in [-0.2, -0.15) is 0 Å². The molecule has 0 bridgehead atoms. The molecule has 0 saturated carbocycles. The maximum absolute atomic E-state index is 12.2. The van der Waals surface area contributed by atoms with E-state index in [1.807, 2.05) is 24.3 Å². The summed E-state index contributed by atoms with van der Waals surface area (Å²) in [7, 11) is 0. The van der Waals surface area contributed by atoms with Crippen LogP contribution in [0, 0.1) is 0 Å². The number of hydrogen-bond donors (Lipinski definition) is 2. The normalized spacial score (nSPS) is 15.1. The van der Waals surface area contributed by atoms with Crippen molar-refractivity contribution in [3.05, 3.63) is 48.4 Å². The van der Waals surface area contributed by atoms with E-state index in [9.17, 15) is 9.59 Å². The number of hydrogen-bond acceptors (Lipinski definition) is 4. The van der Waals surface area contributed by atoms with Gasteiger partial charge in [0.2, 0.25) is 5.91 Å². The molecule has 3 rings (SSSR count). The van der Waals surface area contributed by atoms with Crippen LogP contribution >= 0.6 is 0 Å². The van der Waals surface area contributed by atoms with Gasteiger partial charge in [-0.05, 0) is 56.2 Å². The van der Waals surface area contributed by atoms with E-state index in [4.69, 9.17) is 4.42 Å². The van der Waals surface area contributed by atoms with E-state index in [0.717, 1.165) is 13.1 Å². The Morgan fingerprint density at radius 1 is 1.12 bits per heavy atom. The molecular weight excluding hydrogens is 306 g/mol. The highest BCUT2D eigenvalue weighted by Crippen LogP contribution is 2.22. The molecule has 126 valence electrons. The van der Waals surface area contributed by atoms with Crippen molar-refractivity contribution in [2.75, 3.05) is 23.3 Å². The van der Waals surface area contributed by atoms with Gasteiger partial charge < -0.3 is 20.0 Å². The maximum atomic E-state index is 12.2. The number of amides is 2. The molecule has 6 nitrogen and oxygen atoms in total. The van der Waals surface area contributed by atoms with Crippen molar-refractivity contribution in [3.63, 3.8) is 0 Å². The highest BCUT2D eigenvalue weighted by Gasteiger charge is 2.18. The number of rotatable bonds is 5. The van der Waals surface area contributed by atoms with Crippen LogP contribution in [0.3, 0.4) is 0 Å². The van der Waals surface area contributed by atoms with Crippen LogP contribution in [-0.2, 0) is 4.79 Å². The summed E-state index contributed by atoms with van der Waals surface area (Å²) in [5.74, 6) is -0.500. The molecule has 1 atom stereocenters. The van der Waals surface area contributed by atoms with Crippen molar-refractivity contribution < 1.29 is 14.0 Å². The van der Waals surface area contributed by atoms with E-state index in [1.165, 1.54) is 24.8 Å². The summed E-state index contributed by atoms with van der Waals surface area (Å²) in [5, 5.41) is 5.41. The molecule has 0 radical (unpaired) electrons. The number of furan rings is 1. The van der Waals surface area contributed by atoms with E-state index < -0.39 is 11.9 Å². The van der Waals surface area contributed by atoms with Gasteiger partial charge in [0.25, 0.3) is 5.91 Å². The molecule has 1 aliphatic rings. The number of anilines is 2. The van der Waals surface area contributed by atoms with Gasteiger partial charge in [-0.15, -0.1) is 0 Å². The molecule has 2 aromatic rings. The Labute approximate surface area is 140 Å². The lowest BCUT2D eigenvalue weighted by atomic mass is 10.2. The van der Waals surface area contributed by atoms with Crippen LogP contribution in [0.15, 0.2) is 47.1 Å². The summed E-state index contributed by atoms with van der Waals surface area (Å²) in [6.45, 7) is 3.80. The minimum atomic E-state index is -0.666. The van der Waals surface area contributed by atoms with Gasteiger partial charge in [-0.3, -0.25) is 9.59 Å². The van der Waals surface area contributed by atoms with Crippen molar-refractivity contribution >= 4 is 23.2 Å². The molecule has 0 aliphatic carbocycles. The first kappa shape index (κ1) is 16.1. The van der Waals surface area contributed by atoms with Gasteiger partial charge in [0.05, 0.1) is 6.26 Å². The third-order valence-electron chi connectivity index (χ3n) is 4.09. The smallest absolute Gasteiger partial charge is 0.287 e. The zero-order chi connectivity index (χ0) is 16.9. The third-order valence-corrected chi connectivity index (χ3v) is 4.09. The fraction of sp³-hybridized carbons (Fsp3) is 0.333. The van der Waals surface area contributed by atoms with Gasteiger partial charge >= 0.3 is 0 Å². The van der Waals surface area contributed by atoms with Crippen LogP contribution in [0.4, 0.5) is 11.4 Å². The van der Waals surface area contributed by atoms with Crippen molar-refractivity contribution in [1.29, 1.82) is 0 Å². The van der Waals surface area contributed by atoms with E-state index >= 15 is 0 Å². The molecule has 1 saturated heterocycles. The molecule has 24 heavy (non-hydrogen) atoms. The molecule has 1 aliphatic heterocycles. The van der Waals surface area contributed by atoms with Crippen LogP contribution < -0.4 is 15.5 Å². The molecule has 2 amide bonds. The Balaban J connectivity index is 1.54. The largest absolute Gasteiger partial charge is 0.459 e. The topological polar surface area (TPSA) is 74.6 Å². The lowest BCUT2D eigenvalue weighted by Gasteiger charge is -2.18. The Morgan fingerprint density at radius 2 is 1.83 bits per heavy atom. The van der Waals surface area contributed by atoms with Gasteiger partial charge in [0.1, 0.15) is 6.04 Å². The fourth-order valence-corrected chi connectivity index (χ4v) is 2.72. The number of nitrogens with one attached hydrogen (secondary N) is 2. The van der Waals surface area contributed by atoms with Gasteiger partial charge in [-0.25, -0.2) is 0 Å². The lowest BCUT2D eigenvalue weighted by molar-refractivity contribution is -0.117. The van der Waals surface area contributed by atoms with E-state index in [1.54, 1.807) is 19.1 Å². The Bertz CT molecular complexity index is 689. The molecule has 1 unspecified atom stereocenters. The summed E-state index contributed by atoms with van der Waals surface area (Å²) in [6, 6.07) is 10.3. The Morgan fingerprint density at radius 3 is 2.46 bits per heavy atom. The minimum absolute atomic E-state index is 0.185. The monoisotopic (exact) mass is 327 g/mol. The second-order valence-electron chi connectivity index (χ2n) is 5.90. The quantitative estimate of drug-likeness (QED) is 0.885. The van der Waals surface area contributed by atoms with Gasteiger partial charge in [-0.1, -0.05) is 0 Å². The summed E-state index contributed by atoms with van der Waals surface area (Å²) in [5.41, 5.74) is 1.88. The highest BCUT2D eigenvalue weighted by atomic mass is 16.3. The summed E-state index contributed by atoms with van der Waals surface area (Å²) < 4.78 is 5.01. The molecular formula is C18H21N3O3. The molecule has 2 N–H and O–H groups in total. The average Bonchev–Trinajstić information content (AvgIpc) is 3.29. The summed E-state index contributed by atoms with van der Waals surface area (Å²) >= 11 is 0. The first-order valence-corrected chi connectivity index (χ1v) is 8.14. The number of carbonyl (C=O) groups excluding carboxylic acids is 2. The first-order valence-electron chi connectivity index (χ1n) is 8.14. The second-order valence-corrected chi connectivity index (χ2v) is 5.90. The van der Waals surface area contributed by atoms with Crippen LogP contribution in [-0.4, -0.2) is 30.9 Å². The SMILES string of the molecule is CC(NC(=O)c1ccco1)C(=O)Nc1ccc(N2CCCC2)cc1. The molecule has 2 heterocycles. The second kappa shape index (κ2) is 7.21. The fourth-order valence-electron chi connectivity index (χ4n) is 2.72. The average molecular weight is 327 g/mol. The molecule has 1 aromatic carbocycles. The Kier molecular flexibility index (Phi) is 4.84. The predicted octanol–water partition coefficient (Wildman–Crippen LogP) is 2.64. The summed E-state index contributed by atoms with van der Waals surface area (Å²) in [6.07, 6.45) is 3.87. The minimum Gasteiger partial charge on any atom is -0.459 e. The zero-order valence-electron chi connectivity index (χ0n) is 13.6. The van der Waals surface area contributed by atoms with Crippen molar-refractivity contribution in [1.82, 2.24) is 5.32 Å². The first-order chi connectivity index (χ1) is 11.6. The third kappa shape index (κ3) is 3.76. The lowest BCUT2D eigenvalue weighted by Crippen LogP contribution is -2.41. The molecule has 6 heteroatoms. The van der Waals surface area contributed by atoms with E-state index in [-0.39, 0.29) is 11.7 Å². The number of nitrogens with zero attached hydrogens (tertiary/aromatic N) is 1. The van der Waals surface area contributed by atoms with Crippen molar-refractivity contribution in [2.24, 2.45) is 0 Å². The highest BCUT2D eigenvalue weighted by molar-refractivity contribution is 5.99. The predicted molar refractivity (Wildman–Crippen MR) is 92.2 cm³/mol. The van der Waals surface area contributed by atoms with Crippen LogP contribution in [0.5, 0.6) is 0 Å². The van der Waals surface area contributed by atoms with Gasteiger partial charge in [0, 0.05) is 24.5 Å². The number of carbonyl (C=O) groups is 2. The van der Waals surface area contributed by atoms with Crippen molar-refractivity contribution in [3.8, 4) is 0 Å². The van der Waals surface area contributed by atoms with Crippen molar-refractivity contribution in [2.45, 2.75) is 25.8 Å². The Hall–Kier alpha value is -2.76. The van der Waals surface area contributed by atoms with E-state index in [0.29, 0.717) is 5.69 Å². The summed E-state index contributed by atoms with van der Waals surface area (Å²) in [4.78, 5) is 26.4.